The van der Waals surface area contributed by atoms with Gasteiger partial charge in [0.2, 0.25) is 0 Å². The van der Waals surface area contributed by atoms with Crippen molar-refractivity contribution in [1.82, 2.24) is 9.88 Å². The fraction of sp³-hybridized carbons (Fsp3) is 0.400. The van der Waals surface area contributed by atoms with Crippen molar-refractivity contribution < 1.29 is 0 Å². The number of anilines is 1. The second-order valence-electron chi connectivity index (χ2n) is 4.98. The molecule has 1 saturated heterocycles. The highest BCUT2D eigenvalue weighted by Gasteiger charge is 2.26. The first-order valence-electron chi connectivity index (χ1n) is 6.75. The smallest absolute Gasteiger partial charge is 0.125 e. The van der Waals surface area contributed by atoms with E-state index < -0.39 is 0 Å². The summed E-state index contributed by atoms with van der Waals surface area (Å²) in [6.45, 7) is 2.25. The molecule has 2 aromatic rings. The van der Waals surface area contributed by atoms with Crippen LogP contribution in [0.5, 0.6) is 0 Å². The predicted octanol–water partition coefficient (Wildman–Crippen LogP) is 3.52. The van der Waals surface area contributed by atoms with Crippen molar-refractivity contribution in [2.24, 2.45) is 0 Å². The van der Waals surface area contributed by atoms with E-state index in [-0.39, 0.29) is 0 Å². The highest BCUT2D eigenvalue weighted by atomic mass is 32.1. The molecule has 0 spiro atoms. The van der Waals surface area contributed by atoms with Crippen molar-refractivity contribution >= 4 is 17.2 Å². The van der Waals surface area contributed by atoms with Gasteiger partial charge in [-0.3, -0.25) is 4.90 Å². The minimum atomic E-state index is 0.537. The summed E-state index contributed by atoms with van der Waals surface area (Å²) >= 11 is 1.78. The van der Waals surface area contributed by atoms with Crippen molar-refractivity contribution in [2.75, 3.05) is 18.9 Å². The molecule has 1 atom stereocenters. The van der Waals surface area contributed by atoms with Gasteiger partial charge in [0.15, 0.2) is 0 Å². The van der Waals surface area contributed by atoms with E-state index in [0.29, 0.717) is 6.04 Å². The van der Waals surface area contributed by atoms with Gasteiger partial charge in [-0.1, -0.05) is 0 Å². The van der Waals surface area contributed by atoms with Gasteiger partial charge in [-0.2, -0.15) is 11.3 Å². The van der Waals surface area contributed by atoms with Crippen molar-refractivity contribution in [3.63, 3.8) is 0 Å². The molecule has 3 rings (SSSR count). The number of likely N-dealkylation sites (tertiary alicyclic amines) is 1. The molecule has 0 bridgehead atoms. The summed E-state index contributed by atoms with van der Waals surface area (Å²) in [7, 11) is 1.92. The van der Waals surface area contributed by atoms with Gasteiger partial charge in [0.25, 0.3) is 0 Å². The Labute approximate surface area is 118 Å². The number of nitrogens with zero attached hydrogens (tertiary/aromatic N) is 2. The molecule has 19 heavy (non-hydrogen) atoms. The average Bonchev–Trinajstić information content (AvgIpc) is 3.11. The molecule has 3 nitrogen and oxygen atoms in total. The number of thiophene rings is 1. The van der Waals surface area contributed by atoms with Crippen LogP contribution in [-0.4, -0.2) is 23.5 Å². The molecular formula is C15H19N3S. The van der Waals surface area contributed by atoms with Crippen molar-refractivity contribution in [1.29, 1.82) is 0 Å². The van der Waals surface area contributed by atoms with E-state index in [4.69, 9.17) is 0 Å². The summed E-state index contributed by atoms with van der Waals surface area (Å²) in [5.74, 6) is 0.958. The van der Waals surface area contributed by atoms with E-state index in [9.17, 15) is 0 Å². The molecule has 0 radical (unpaired) electrons. The molecule has 100 valence electrons. The molecule has 0 saturated carbocycles. The summed E-state index contributed by atoms with van der Waals surface area (Å²) in [5, 5.41) is 7.53. The first-order chi connectivity index (χ1) is 9.36. The van der Waals surface area contributed by atoms with E-state index in [1.807, 2.05) is 13.2 Å². The van der Waals surface area contributed by atoms with E-state index in [2.05, 4.69) is 44.2 Å². The standard InChI is InChI=1S/C15H19N3S/c1-16-15-9-13(4-6-17-15)14-3-2-7-18(14)10-12-5-8-19-11-12/h4-6,8-9,11,14H,2-3,7,10H2,1H3,(H,16,17)/t14-/m1/s1. The average molecular weight is 273 g/mol. The monoisotopic (exact) mass is 273 g/mol. The molecular weight excluding hydrogens is 254 g/mol. The third kappa shape index (κ3) is 2.80. The third-order valence-corrected chi connectivity index (χ3v) is 4.49. The number of nitrogens with one attached hydrogen (secondary N) is 1. The quantitative estimate of drug-likeness (QED) is 0.924. The zero-order valence-corrected chi connectivity index (χ0v) is 12.0. The first-order valence-corrected chi connectivity index (χ1v) is 7.70. The minimum Gasteiger partial charge on any atom is -0.373 e. The highest BCUT2D eigenvalue weighted by molar-refractivity contribution is 7.07. The van der Waals surface area contributed by atoms with E-state index in [1.54, 1.807) is 11.3 Å². The van der Waals surface area contributed by atoms with Crippen LogP contribution in [0.4, 0.5) is 5.82 Å². The van der Waals surface area contributed by atoms with E-state index in [0.717, 1.165) is 12.4 Å². The third-order valence-electron chi connectivity index (χ3n) is 3.75. The lowest BCUT2D eigenvalue weighted by atomic mass is 10.1. The molecule has 0 unspecified atom stereocenters. The van der Waals surface area contributed by atoms with Gasteiger partial charge in [0.1, 0.15) is 5.82 Å². The molecule has 1 N–H and O–H groups in total. The largest absolute Gasteiger partial charge is 0.373 e. The lowest BCUT2D eigenvalue weighted by Crippen LogP contribution is -2.22. The number of aromatic nitrogens is 1. The molecule has 1 aliphatic heterocycles. The number of hydrogen-bond donors (Lipinski definition) is 1. The Hall–Kier alpha value is -1.39. The van der Waals surface area contributed by atoms with Crippen LogP contribution in [-0.2, 0) is 6.54 Å². The SMILES string of the molecule is CNc1cc([C@H]2CCCN2Cc2ccsc2)ccn1. The van der Waals surface area contributed by atoms with Crippen LogP contribution in [0.2, 0.25) is 0 Å². The Kier molecular flexibility index (Phi) is 3.80. The second kappa shape index (κ2) is 5.72. The zero-order chi connectivity index (χ0) is 13.1. The lowest BCUT2D eigenvalue weighted by molar-refractivity contribution is 0.249. The number of hydrogen-bond acceptors (Lipinski definition) is 4. The van der Waals surface area contributed by atoms with Crippen molar-refractivity contribution in [3.05, 3.63) is 46.3 Å². The van der Waals surface area contributed by atoms with Gasteiger partial charge in [0, 0.05) is 25.8 Å². The summed E-state index contributed by atoms with van der Waals surface area (Å²) in [6, 6.07) is 7.09. The van der Waals surface area contributed by atoms with E-state index in [1.165, 1.54) is 30.5 Å². The predicted molar refractivity (Wildman–Crippen MR) is 80.5 cm³/mol. The summed E-state index contributed by atoms with van der Waals surface area (Å²) in [6.07, 6.45) is 4.44. The maximum Gasteiger partial charge on any atom is 0.125 e. The highest BCUT2D eigenvalue weighted by Crippen LogP contribution is 2.33. The van der Waals surface area contributed by atoms with Gasteiger partial charge in [-0.05, 0) is 59.5 Å². The fourth-order valence-electron chi connectivity index (χ4n) is 2.80. The summed E-state index contributed by atoms with van der Waals surface area (Å²) < 4.78 is 0. The zero-order valence-electron chi connectivity index (χ0n) is 11.2. The van der Waals surface area contributed by atoms with Crippen LogP contribution in [0, 0.1) is 0 Å². The van der Waals surface area contributed by atoms with Gasteiger partial charge in [-0.15, -0.1) is 0 Å². The maximum absolute atomic E-state index is 4.30. The molecule has 0 amide bonds. The Bertz CT molecular complexity index is 524. The Morgan fingerprint density at radius 3 is 3.21 bits per heavy atom. The second-order valence-corrected chi connectivity index (χ2v) is 5.76. The van der Waals surface area contributed by atoms with Crippen LogP contribution in [0.25, 0.3) is 0 Å². The minimum absolute atomic E-state index is 0.537. The number of rotatable bonds is 4. The molecule has 2 aromatic heterocycles. The maximum atomic E-state index is 4.30. The Morgan fingerprint density at radius 1 is 1.47 bits per heavy atom. The van der Waals surface area contributed by atoms with Crippen LogP contribution in [0.3, 0.4) is 0 Å². The van der Waals surface area contributed by atoms with Crippen molar-refractivity contribution in [2.45, 2.75) is 25.4 Å². The first kappa shape index (κ1) is 12.6. The van der Waals surface area contributed by atoms with Gasteiger partial charge >= 0.3 is 0 Å². The molecule has 1 fully saturated rings. The van der Waals surface area contributed by atoms with E-state index >= 15 is 0 Å². The lowest BCUT2D eigenvalue weighted by Gasteiger charge is -2.24. The molecule has 4 heteroatoms. The topological polar surface area (TPSA) is 28.2 Å². The van der Waals surface area contributed by atoms with Gasteiger partial charge in [0.05, 0.1) is 0 Å². The summed E-state index contributed by atoms with van der Waals surface area (Å²) in [5.41, 5.74) is 2.81. The summed E-state index contributed by atoms with van der Waals surface area (Å²) in [4.78, 5) is 6.88. The van der Waals surface area contributed by atoms with Crippen LogP contribution < -0.4 is 5.32 Å². The van der Waals surface area contributed by atoms with Crippen LogP contribution in [0.1, 0.15) is 30.0 Å². The molecule has 3 heterocycles. The molecule has 0 aromatic carbocycles. The normalized spacial score (nSPS) is 19.7. The van der Waals surface area contributed by atoms with Crippen LogP contribution >= 0.6 is 11.3 Å². The molecule has 0 aliphatic carbocycles. The Balaban J connectivity index is 1.78. The number of pyridine rings is 1. The van der Waals surface area contributed by atoms with Gasteiger partial charge in [-0.25, -0.2) is 4.98 Å². The van der Waals surface area contributed by atoms with Crippen LogP contribution in [0.15, 0.2) is 35.2 Å². The fourth-order valence-corrected chi connectivity index (χ4v) is 3.46. The molecule has 1 aliphatic rings. The van der Waals surface area contributed by atoms with Crippen molar-refractivity contribution in [3.8, 4) is 0 Å². The van der Waals surface area contributed by atoms with Gasteiger partial charge < -0.3 is 5.32 Å². The Morgan fingerprint density at radius 2 is 2.42 bits per heavy atom.